The van der Waals surface area contributed by atoms with Gasteiger partial charge in [-0.3, -0.25) is 4.98 Å². The third-order valence-corrected chi connectivity index (χ3v) is 3.14. The predicted octanol–water partition coefficient (Wildman–Crippen LogP) is 3.27. The third-order valence-electron chi connectivity index (χ3n) is 2.25. The van der Waals surface area contributed by atoms with Crippen molar-refractivity contribution >= 4 is 39.9 Å². The summed E-state index contributed by atoms with van der Waals surface area (Å²) in [6.45, 7) is 0. The lowest BCUT2D eigenvalue weighted by Gasteiger charge is -2.10. The lowest BCUT2D eigenvalue weighted by molar-refractivity contribution is 0.0698. The van der Waals surface area contributed by atoms with Crippen LogP contribution in [0.5, 0.6) is 0 Å². The van der Waals surface area contributed by atoms with Gasteiger partial charge in [-0.25, -0.2) is 9.18 Å². The predicted molar refractivity (Wildman–Crippen MR) is 73.6 cm³/mol. The zero-order chi connectivity index (χ0) is 13.1. The molecule has 0 aliphatic heterocycles. The molecule has 0 amide bonds. The van der Waals surface area contributed by atoms with E-state index >= 15 is 0 Å². The maximum absolute atomic E-state index is 13.0. The molecule has 0 radical (unpaired) electrons. The molecule has 0 atom stereocenters. The van der Waals surface area contributed by atoms with Crippen LogP contribution in [0.15, 0.2) is 36.7 Å². The van der Waals surface area contributed by atoms with Crippen LogP contribution in [0.1, 0.15) is 10.4 Å². The van der Waals surface area contributed by atoms with Gasteiger partial charge in [0.15, 0.2) is 0 Å². The molecule has 1 aromatic carbocycles. The number of hydrogen-bond acceptors (Lipinski definition) is 3. The maximum atomic E-state index is 13.0. The SMILES string of the molecule is O=C(O)c1ccncc1Nc1ccc(F)cc1I. The second-order valence-corrected chi connectivity index (χ2v) is 4.64. The zero-order valence-corrected chi connectivity index (χ0v) is 11.2. The Morgan fingerprint density at radius 2 is 2.11 bits per heavy atom. The third kappa shape index (κ3) is 2.76. The molecular formula is C12H8FIN2O2. The second kappa shape index (κ2) is 5.30. The lowest BCUT2D eigenvalue weighted by atomic mass is 10.2. The lowest BCUT2D eigenvalue weighted by Crippen LogP contribution is -2.04. The molecule has 0 saturated heterocycles. The quantitative estimate of drug-likeness (QED) is 0.827. The molecule has 0 aliphatic rings. The van der Waals surface area contributed by atoms with Crippen LogP contribution in [0, 0.1) is 9.39 Å². The van der Waals surface area contributed by atoms with Gasteiger partial charge >= 0.3 is 5.97 Å². The van der Waals surface area contributed by atoms with Crippen molar-refractivity contribution in [3.8, 4) is 0 Å². The molecule has 92 valence electrons. The van der Waals surface area contributed by atoms with Crippen LogP contribution in [-0.2, 0) is 0 Å². The molecule has 2 rings (SSSR count). The first kappa shape index (κ1) is 12.7. The van der Waals surface area contributed by atoms with Crippen molar-refractivity contribution in [2.24, 2.45) is 0 Å². The molecule has 0 fully saturated rings. The summed E-state index contributed by atoms with van der Waals surface area (Å²) in [4.78, 5) is 14.9. The topological polar surface area (TPSA) is 62.2 Å². The van der Waals surface area contributed by atoms with Crippen molar-refractivity contribution in [1.29, 1.82) is 0 Å². The number of hydrogen-bond donors (Lipinski definition) is 2. The minimum atomic E-state index is -1.04. The summed E-state index contributed by atoms with van der Waals surface area (Å²) in [5.41, 5.74) is 1.12. The Kier molecular flexibility index (Phi) is 3.75. The van der Waals surface area contributed by atoms with Crippen molar-refractivity contribution in [3.05, 3.63) is 51.6 Å². The summed E-state index contributed by atoms with van der Waals surface area (Å²) >= 11 is 1.97. The normalized spacial score (nSPS) is 10.1. The number of carboxylic acids is 1. The fourth-order valence-electron chi connectivity index (χ4n) is 1.42. The highest BCUT2D eigenvalue weighted by Gasteiger charge is 2.11. The van der Waals surface area contributed by atoms with Crippen molar-refractivity contribution in [2.45, 2.75) is 0 Å². The largest absolute Gasteiger partial charge is 0.478 e. The molecule has 2 aromatic rings. The van der Waals surface area contributed by atoms with Crippen LogP contribution < -0.4 is 5.32 Å². The Labute approximate surface area is 116 Å². The van der Waals surface area contributed by atoms with Gasteiger partial charge in [0.2, 0.25) is 0 Å². The molecule has 1 aromatic heterocycles. The Morgan fingerprint density at radius 3 is 2.78 bits per heavy atom. The summed E-state index contributed by atoms with van der Waals surface area (Å²) in [6.07, 6.45) is 2.83. The van der Waals surface area contributed by atoms with Crippen LogP contribution in [0.4, 0.5) is 15.8 Å². The number of nitrogens with zero attached hydrogens (tertiary/aromatic N) is 1. The minimum absolute atomic E-state index is 0.116. The Bertz CT molecular complexity index is 604. The van der Waals surface area contributed by atoms with Gasteiger partial charge in [0.1, 0.15) is 5.82 Å². The van der Waals surface area contributed by atoms with Crippen molar-refractivity contribution < 1.29 is 14.3 Å². The van der Waals surface area contributed by atoms with E-state index in [4.69, 9.17) is 5.11 Å². The summed E-state index contributed by atoms with van der Waals surface area (Å²) in [7, 11) is 0. The Hall–Kier alpha value is -1.70. The molecule has 0 bridgehead atoms. The van der Waals surface area contributed by atoms with Gasteiger partial charge in [-0.1, -0.05) is 0 Å². The van der Waals surface area contributed by atoms with E-state index < -0.39 is 5.97 Å². The van der Waals surface area contributed by atoms with Gasteiger partial charge in [0.05, 0.1) is 23.1 Å². The number of aromatic carboxylic acids is 1. The molecule has 6 heteroatoms. The molecule has 2 N–H and O–H groups in total. The summed E-state index contributed by atoms with van der Waals surface area (Å²) < 4.78 is 13.6. The minimum Gasteiger partial charge on any atom is -0.478 e. The fourth-order valence-corrected chi connectivity index (χ4v) is 2.03. The van der Waals surface area contributed by atoms with Gasteiger partial charge < -0.3 is 10.4 Å². The number of benzene rings is 1. The molecule has 0 saturated carbocycles. The maximum Gasteiger partial charge on any atom is 0.337 e. The average molecular weight is 358 g/mol. The number of halogens is 2. The number of rotatable bonds is 3. The van der Waals surface area contributed by atoms with E-state index in [0.29, 0.717) is 14.9 Å². The number of pyridine rings is 1. The van der Waals surface area contributed by atoms with Crippen LogP contribution in [0.2, 0.25) is 0 Å². The van der Waals surface area contributed by atoms with Gasteiger partial charge in [-0.05, 0) is 46.9 Å². The molecule has 0 spiro atoms. The summed E-state index contributed by atoms with van der Waals surface area (Å²) in [6, 6.07) is 5.62. The molecule has 18 heavy (non-hydrogen) atoms. The molecule has 4 nitrogen and oxygen atoms in total. The zero-order valence-electron chi connectivity index (χ0n) is 9.02. The molecule has 0 unspecified atom stereocenters. The van der Waals surface area contributed by atoms with Crippen molar-refractivity contribution in [1.82, 2.24) is 4.98 Å². The number of aromatic nitrogens is 1. The Balaban J connectivity index is 2.37. The van der Waals surface area contributed by atoms with Gasteiger partial charge in [0, 0.05) is 9.77 Å². The van der Waals surface area contributed by atoms with E-state index in [-0.39, 0.29) is 11.4 Å². The summed E-state index contributed by atoms with van der Waals surface area (Å²) in [5.74, 6) is -1.38. The first-order valence-corrected chi connectivity index (χ1v) is 6.05. The smallest absolute Gasteiger partial charge is 0.337 e. The van der Waals surface area contributed by atoms with Crippen LogP contribution in [0.25, 0.3) is 0 Å². The Morgan fingerprint density at radius 1 is 1.33 bits per heavy atom. The standard InChI is InChI=1S/C12H8FIN2O2/c13-7-1-2-10(9(14)5-7)16-11-6-15-4-3-8(11)12(17)18/h1-6,16H,(H,17,18). The number of carbonyl (C=O) groups is 1. The first-order valence-electron chi connectivity index (χ1n) is 4.97. The first-order chi connectivity index (χ1) is 8.58. The highest BCUT2D eigenvalue weighted by atomic mass is 127. The highest BCUT2D eigenvalue weighted by molar-refractivity contribution is 14.1. The molecular weight excluding hydrogens is 350 g/mol. The van der Waals surface area contributed by atoms with E-state index in [9.17, 15) is 9.18 Å². The molecule has 1 heterocycles. The fraction of sp³-hybridized carbons (Fsp3) is 0. The van der Waals surface area contributed by atoms with E-state index in [1.807, 2.05) is 22.6 Å². The van der Waals surface area contributed by atoms with Gasteiger partial charge in [-0.15, -0.1) is 0 Å². The van der Waals surface area contributed by atoms with E-state index in [2.05, 4.69) is 10.3 Å². The van der Waals surface area contributed by atoms with Crippen LogP contribution in [-0.4, -0.2) is 16.1 Å². The van der Waals surface area contributed by atoms with E-state index in [1.165, 1.54) is 30.6 Å². The average Bonchev–Trinajstić information content (AvgIpc) is 2.33. The second-order valence-electron chi connectivity index (χ2n) is 3.48. The monoisotopic (exact) mass is 358 g/mol. The number of carboxylic acid groups (broad SMARTS) is 1. The molecule has 0 aliphatic carbocycles. The van der Waals surface area contributed by atoms with Gasteiger partial charge in [0.25, 0.3) is 0 Å². The van der Waals surface area contributed by atoms with Gasteiger partial charge in [-0.2, -0.15) is 0 Å². The van der Waals surface area contributed by atoms with Crippen molar-refractivity contribution in [3.63, 3.8) is 0 Å². The van der Waals surface area contributed by atoms with E-state index in [1.54, 1.807) is 6.07 Å². The van der Waals surface area contributed by atoms with Crippen molar-refractivity contribution in [2.75, 3.05) is 5.32 Å². The van der Waals surface area contributed by atoms with E-state index in [0.717, 1.165) is 0 Å². The van der Waals surface area contributed by atoms with Crippen LogP contribution >= 0.6 is 22.6 Å². The highest BCUT2D eigenvalue weighted by Crippen LogP contribution is 2.25. The summed E-state index contributed by atoms with van der Waals surface area (Å²) in [5, 5.41) is 12.0. The number of nitrogens with one attached hydrogen (secondary N) is 1. The van der Waals surface area contributed by atoms with Crippen LogP contribution in [0.3, 0.4) is 0 Å². The number of anilines is 2.